The van der Waals surface area contributed by atoms with Crippen LogP contribution in [0.1, 0.15) is 11.1 Å². The molecule has 0 saturated carbocycles. The molecule has 30 heavy (non-hydrogen) atoms. The van der Waals surface area contributed by atoms with Crippen molar-refractivity contribution in [2.24, 2.45) is 0 Å². The Balaban J connectivity index is 1.92. The number of hydrogen-bond donors (Lipinski definition) is 2. The molecule has 0 fully saturated rings. The lowest BCUT2D eigenvalue weighted by Crippen LogP contribution is -1.94. The third-order valence-corrected chi connectivity index (χ3v) is 5.29. The summed E-state index contributed by atoms with van der Waals surface area (Å²) < 4.78 is 0. The Bertz CT molecular complexity index is 1120. The summed E-state index contributed by atoms with van der Waals surface area (Å²) in [7, 11) is 0. The normalized spacial score (nSPS) is 10.5. The standard InChI is InChI=1S/C28H24N2/c1-3-19-5-9-21(10-6-19)27-17-23(29)13-15-25(27)26-16-14-24(30)18-28(26)22-11-7-20(4-2)8-12-22/h3-18H,1-2,29-30H2. The minimum atomic E-state index is 0.730. The lowest BCUT2D eigenvalue weighted by molar-refractivity contribution is 1.55. The molecule has 0 aromatic heterocycles. The Hall–Kier alpha value is -4.04. The van der Waals surface area contributed by atoms with Gasteiger partial charge in [-0.2, -0.15) is 0 Å². The summed E-state index contributed by atoms with van der Waals surface area (Å²) in [6.45, 7) is 7.68. The molecule has 0 bridgehead atoms. The molecule has 4 aromatic carbocycles. The second kappa shape index (κ2) is 8.14. The van der Waals surface area contributed by atoms with Crippen LogP contribution < -0.4 is 11.5 Å². The van der Waals surface area contributed by atoms with Gasteiger partial charge in [-0.3, -0.25) is 0 Å². The van der Waals surface area contributed by atoms with Crippen LogP contribution in [-0.4, -0.2) is 0 Å². The van der Waals surface area contributed by atoms with Crippen LogP contribution in [-0.2, 0) is 0 Å². The molecule has 0 unspecified atom stereocenters. The van der Waals surface area contributed by atoms with Gasteiger partial charge < -0.3 is 11.5 Å². The highest BCUT2D eigenvalue weighted by atomic mass is 14.5. The zero-order valence-corrected chi connectivity index (χ0v) is 16.8. The second-order valence-corrected chi connectivity index (χ2v) is 7.26. The molecule has 4 rings (SSSR count). The average Bonchev–Trinajstić information content (AvgIpc) is 2.79. The van der Waals surface area contributed by atoms with E-state index in [1.54, 1.807) is 0 Å². The van der Waals surface area contributed by atoms with Crippen molar-refractivity contribution in [2.45, 2.75) is 0 Å². The third-order valence-electron chi connectivity index (χ3n) is 5.29. The number of anilines is 2. The van der Waals surface area contributed by atoms with E-state index in [9.17, 15) is 0 Å². The molecule has 146 valence electrons. The van der Waals surface area contributed by atoms with Gasteiger partial charge in [0.25, 0.3) is 0 Å². The molecule has 0 aliphatic carbocycles. The molecule has 0 amide bonds. The Morgan fingerprint density at radius 3 is 1.17 bits per heavy atom. The Morgan fingerprint density at radius 1 is 0.467 bits per heavy atom. The zero-order chi connectivity index (χ0) is 21.1. The third kappa shape index (κ3) is 3.76. The van der Waals surface area contributed by atoms with E-state index in [4.69, 9.17) is 11.5 Å². The number of rotatable bonds is 5. The van der Waals surface area contributed by atoms with E-state index in [1.807, 2.05) is 36.4 Å². The maximum atomic E-state index is 6.16. The van der Waals surface area contributed by atoms with Crippen molar-refractivity contribution in [3.63, 3.8) is 0 Å². The maximum Gasteiger partial charge on any atom is 0.0320 e. The van der Waals surface area contributed by atoms with Crippen LogP contribution in [0.2, 0.25) is 0 Å². The summed E-state index contributed by atoms with van der Waals surface area (Å²) >= 11 is 0. The average molecular weight is 389 g/mol. The molecule has 0 aliphatic rings. The van der Waals surface area contributed by atoms with Gasteiger partial charge in [0, 0.05) is 11.4 Å². The van der Waals surface area contributed by atoms with Crippen molar-refractivity contribution in [1.29, 1.82) is 0 Å². The molecule has 0 heterocycles. The van der Waals surface area contributed by atoms with Gasteiger partial charge >= 0.3 is 0 Å². The highest BCUT2D eigenvalue weighted by Gasteiger charge is 2.14. The van der Waals surface area contributed by atoms with E-state index in [0.717, 1.165) is 55.9 Å². The Kier molecular flexibility index (Phi) is 5.23. The zero-order valence-electron chi connectivity index (χ0n) is 16.8. The van der Waals surface area contributed by atoms with Crippen LogP contribution in [0.4, 0.5) is 11.4 Å². The van der Waals surface area contributed by atoms with Gasteiger partial charge in [0.05, 0.1) is 0 Å². The van der Waals surface area contributed by atoms with Crippen molar-refractivity contribution in [1.82, 2.24) is 0 Å². The van der Waals surface area contributed by atoms with Crippen LogP contribution in [0.25, 0.3) is 45.5 Å². The molecule has 4 N–H and O–H groups in total. The highest BCUT2D eigenvalue weighted by molar-refractivity contribution is 5.93. The lowest BCUT2D eigenvalue weighted by atomic mass is 9.88. The first-order chi connectivity index (χ1) is 14.6. The summed E-state index contributed by atoms with van der Waals surface area (Å²) in [5.41, 5.74) is 22.5. The summed E-state index contributed by atoms with van der Waals surface area (Å²) in [6, 6.07) is 28.8. The van der Waals surface area contributed by atoms with Crippen LogP contribution in [0.15, 0.2) is 98.1 Å². The molecular formula is C28H24N2. The molecule has 0 aliphatic heterocycles. The molecule has 0 atom stereocenters. The number of nitrogens with two attached hydrogens (primary N) is 2. The van der Waals surface area contributed by atoms with E-state index >= 15 is 0 Å². The molecule has 0 spiro atoms. The predicted molar refractivity (Wildman–Crippen MR) is 132 cm³/mol. The van der Waals surface area contributed by atoms with Gasteiger partial charge in [0.15, 0.2) is 0 Å². The fourth-order valence-corrected chi connectivity index (χ4v) is 3.67. The Labute approximate surface area is 177 Å². The van der Waals surface area contributed by atoms with Crippen LogP contribution >= 0.6 is 0 Å². The van der Waals surface area contributed by atoms with Crippen molar-refractivity contribution < 1.29 is 0 Å². The smallest absolute Gasteiger partial charge is 0.0320 e. The van der Waals surface area contributed by atoms with Gasteiger partial charge in [-0.15, -0.1) is 0 Å². The van der Waals surface area contributed by atoms with Crippen molar-refractivity contribution >= 4 is 23.5 Å². The fourth-order valence-electron chi connectivity index (χ4n) is 3.67. The maximum absolute atomic E-state index is 6.16. The highest BCUT2D eigenvalue weighted by Crippen LogP contribution is 2.40. The molecule has 4 aromatic rings. The second-order valence-electron chi connectivity index (χ2n) is 7.26. The Morgan fingerprint density at radius 2 is 0.833 bits per heavy atom. The SMILES string of the molecule is C=Cc1ccc(-c2cc(N)ccc2-c2ccc(N)cc2-c2ccc(C=C)cc2)cc1. The summed E-state index contributed by atoms with van der Waals surface area (Å²) in [4.78, 5) is 0. The topological polar surface area (TPSA) is 52.0 Å². The van der Waals surface area contributed by atoms with E-state index in [1.165, 1.54) is 0 Å². The molecule has 0 radical (unpaired) electrons. The van der Waals surface area contributed by atoms with Gasteiger partial charge in [-0.1, -0.05) is 86.0 Å². The van der Waals surface area contributed by atoms with Crippen molar-refractivity contribution in [3.05, 3.63) is 109 Å². The number of benzene rings is 4. The number of nitrogen functional groups attached to an aromatic ring is 2. The summed E-state index contributed by atoms with van der Waals surface area (Å²) in [5.74, 6) is 0. The first-order valence-electron chi connectivity index (χ1n) is 9.84. The van der Waals surface area contributed by atoms with Gasteiger partial charge in [-0.25, -0.2) is 0 Å². The fraction of sp³-hybridized carbons (Fsp3) is 0. The number of hydrogen-bond acceptors (Lipinski definition) is 2. The first kappa shape index (κ1) is 19.3. The first-order valence-corrected chi connectivity index (χ1v) is 9.84. The lowest BCUT2D eigenvalue weighted by Gasteiger charge is -2.16. The van der Waals surface area contributed by atoms with E-state index in [-0.39, 0.29) is 0 Å². The monoisotopic (exact) mass is 388 g/mol. The minimum absolute atomic E-state index is 0.730. The predicted octanol–water partition coefficient (Wildman–Crippen LogP) is 7.14. The summed E-state index contributed by atoms with van der Waals surface area (Å²) in [6.07, 6.45) is 3.68. The summed E-state index contributed by atoms with van der Waals surface area (Å²) in [5, 5.41) is 0. The van der Waals surface area contributed by atoms with Gasteiger partial charge in [0.1, 0.15) is 0 Å². The van der Waals surface area contributed by atoms with Crippen molar-refractivity contribution in [3.8, 4) is 33.4 Å². The van der Waals surface area contributed by atoms with Crippen LogP contribution in [0, 0.1) is 0 Å². The van der Waals surface area contributed by atoms with Crippen molar-refractivity contribution in [2.75, 3.05) is 11.5 Å². The molecule has 2 nitrogen and oxygen atoms in total. The van der Waals surface area contributed by atoms with E-state index in [2.05, 4.69) is 73.8 Å². The quantitative estimate of drug-likeness (QED) is 0.357. The minimum Gasteiger partial charge on any atom is -0.399 e. The van der Waals surface area contributed by atoms with E-state index in [0.29, 0.717) is 0 Å². The van der Waals surface area contributed by atoms with Crippen LogP contribution in [0.3, 0.4) is 0 Å². The van der Waals surface area contributed by atoms with Gasteiger partial charge in [0.2, 0.25) is 0 Å². The van der Waals surface area contributed by atoms with Gasteiger partial charge in [-0.05, 0) is 68.8 Å². The molecule has 0 saturated heterocycles. The largest absolute Gasteiger partial charge is 0.399 e. The van der Waals surface area contributed by atoms with E-state index < -0.39 is 0 Å². The molecule has 2 heteroatoms. The molecular weight excluding hydrogens is 364 g/mol. The van der Waals surface area contributed by atoms with Crippen LogP contribution in [0.5, 0.6) is 0 Å².